The van der Waals surface area contributed by atoms with E-state index < -0.39 is 68.7 Å². The van der Waals surface area contributed by atoms with E-state index in [1.54, 1.807) is 0 Å². The van der Waals surface area contributed by atoms with Crippen LogP contribution in [0, 0.1) is 17.8 Å². The fraction of sp³-hybridized carbons (Fsp3) is 0.650. The largest absolute Gasteiger partial charge is 0.471 e. The van der Waals surface area contributed by atoms with Crippen LogP contribution in [0.4, 0.5) is 4.79 Å². The maximum absolute atomic E-state index is 14.8. The Kier molecular flexibility index (Phi) is 10.5. The van der Waals surface area contributed by atoms with Gasteiger partial charge in [-0.15, -0.1) is 6.58 Å². The number of nitrogens with one attached hydrogen (secondary N) is 3. The highest BCUT2D eigenvalue weighted by Gasteiger charge is 2.62. The van der Waals surface area contributed by atoms with Crippen LogP contribution in [0.1, 0.15) is 102 Å². The number of hydrogen-bond donors (Lipinski definition) is 3. The third-order valence-electron chi connectivity index (χ3n) is 12.7. The van der Waals surface area contributed by atoms with Gasteiger partial charge in [-0.25, -0.2) is 23.2 Å². The topological polar surface area (TPSA) is 186 Å². The molecule has 2 aliphatic heterocycles. The van der Waals surface area contributed by atoms with Crippen molar-refractivity contribution in [2.24, 2.45) is 17.8 Å². The summed E-state index contributed by atoms with van der Waals surface area (Å²) in [5.41, 5.74) is 0.603. The Morgan fingerprint density at radius 2 is 1.62 bits per heavy atom. The minimum atomic E-state index is -3.89. The quantitative estimate of drug-likeness (QED) is 0.344. The standard InChI is InChI=1S/C40H52N6O8S/c1-2-26-22-40(26,38(49)45-55(51,52)28-19-20-28)44-35(47)32-21-27-23-46(32)37(48)34(25-12-6-7-13-25)43-39(50)54-33-18-10-14-24(33)11-4-3-5-17-31-36(53-27)42-30-16-9-8-15-29(30)41-31/h2,8-9,15-16,24-28,32-34H,1,3-7,10-14,17-23H2,(H,43,50)(H,44,47)(H,45,49)/t24-,26+,27-,32+,33-,34+,40+/m1/s1. The van der Waals surface area contributed by atoms with Gasteiger partial charge in [0.1, 0.15) is 35.5 Å². The molecule has 1 aromatic carbocycles. The van der Waals surface area contributed by atoms with Gasteiger partial charge in [-0.1, -0.05) is 43.9 Å². The van der Waals surface area contributed by atoms with Gasteiger partial charge in [0.2, 0.25) is 27.7 Å². The molecule has 15 heteroatoms. The minimum absolute atomic E-state index is 0.0235. The molecule has 4 amide bonds. The molecule has 3 N–H and O–H groups in total. The Labute approximate surface area is 322 Å². The summed E-state index contributed by atoms with van der Waals surface area (Å²) in [4.78, 5) is 67.7. The van der Waals surface area contributed by atoms with E-state index >= 15 is 0 Å². The van der Waals surface area contributed by atoms with Crippen LogP contribution < -0.4 is 20.1 Å². The number of fused-ring (bicyclic) bond motifs is 5. The van der Waals surface area contributed by atoms with Gasteiger partial charge in [-0.2, -0.15) is 0 Å². The molecule has 14 nitrogen and oxygen atoms in total. The van der Waals surface area contributed by atoms with Crippen molar-refractivity contribution in [1.29, 1.82) is 0 Å². The van der Waals surface area contributed by atoms with E-state index in [4.69, 9.17) is 19.4 Å². The number of sulfonamides is 1. The summed E-state index contributed by atoms with van der Waals surface area (Å²) in [6.45, 7) is 3.84. The molecular formula is C40H52N6O8S. The summed E-state index contributed by atoms with van der Waals surface area (Å²) in [6.07, 6.45) is 11.7. The SMILES string of the molecule is C=C[C@H]1C[C@@]1(NC(=O)[C@@H]1C[C@@H]2CN1C(=O)[C@H](C1CCCC1)NC(=O)O[C@@H]1CCC[C@H]1CCCCCc1nc3ccccc3nc1O2)C(=O)NS(=O)(=O)C1CC1. The third-order valence-corrected chi connectivity index (χ3v) is 14.5. The Morgan fingerprint density at radius 1 is 0.909 bits per heavy atom. The molecule has 4 saturated carbocycles. The number of amides is 4. The molecule has 0 radical (unpaired) electrons. The fourth-order valence-corrected chi connectivity index (χ4v) is 10.7. The number of nitrogens with zero attached hydrogens (tertiary/aromatic N) is 3. The maximum atomic E-state index is 14.8. The maximum Gasteiger partial charge on any atom is 0.408 e. The highest BCUT2D eigenvalue weighted by atomic mass is 32.2. The lowest BCUT2D eigenvalue weighted by molar-refractivity contribution is -0.142. The first-order valence-electron chi connectivity index (χ1n) is 20.2. The molecule has 2 bridgehead atoms. The number of ether oxygens (including phenoxy) is 2. The van der Waals surface area contributed by atoms with E-state index in [1.165, 1.54) is 11.0 Å². The van der Waals surface area contributed by atoms with Gasteiger partial charge in [0, 0.05) is 12.3 Å². The molecule has 1 saturated heterocycles. The summed E-state index contributed by atoms with van der Waals surface area (Å²) >= 11 is 0. The van der Waals surface area contributed by atoms with E-state index in [0.717, 1.165) is 76.1 Å². The second-order valence-electron chi connectivity index (χ2n) is 16.5. The van der Waals surface area contributed by atoms with Crippen LogP contribution >= 0.6 is 0 Å². The monoisotopic (exact) mass is 776 g/mol. The predicted molar refractivity (Wildman–Crippen MR) is 202 cm³/mol. The lowest BCUT2D eigenvalue weighted by atomic mass is 9.96. The number of para-hydroxylation sites is 2. The molecule has 1 aromatic heterocycles. The summed E-state index contributed by atoms with van der Waals surface area (Å²) in [5, 5.41) is 5.18. The molecule has 7 atom stereocenters. The van der Waals surface area contributed by atoms with Crippen molar-refractivity contribution in [2.45, 2.75) is 138 Å². The zero-order valence-corrected chi connectivity index (χ0v) is 32.1. The van der Waals surface area contributed by atoms with Crippen LogP contribution in [0.3, 0.4) is 0 Å². The number of rotatable bonds is 7. The predicted octanol–water partition coefficient (Wildman–Crippen LogP) is 4.22. The highest BCUT2D eigenvalue weighted by molar-refractivity contribution is 7.91. The second-order valence-corrected chi connectivity index (χ2v) is 18.5. The number of carbonyl (C=O) groups excluding carboxylic acids is 4. The Bertz CT molecular complexity index is 1950. The second kappa shape index (κ2) is 15.3. The van der Waals surface area contributed by atoms with Gasteiger partial charge in [0.05, 0.1) is 22.8 Å². The van der Waals surface area contributed by atoms with Gasteiger partial charge in [-0.3, -0.25) is 19.1 Å². The summed E-state index contributed by atoms with van der Waals surface area (Å²) in [6, 6.07) is 5.56. The van der Waals surface area contributed by atoms with Crippen LogP contribution in [0.5, 0.6) is 5.88 Å². The zero-order chi connectivity index (χ0) is 38.3. The molecule has 4 aliphatic carbocycles. The molecule has 296 valence electrons. The number of hydrogen-bond acceptors (Lipinski definition) is 10. The van der Waals surface area contributed by atoms with E-state index in [0.29, 0.717) is 36.4 Å². The van der Waals surface area contributed by atoms with Gasteiger partial charge < -0.3 is 25.0 Å². The molecule has 8 rings (SSSR count). The Balaban J connectivity index is 1.12. The number of carbonyl (C=O) groups is 4. The summed E-state index contributed by atoms with van der Waals surface area (Å²) in [5.74, 6) is -1.88. The zero-order valence-electron chi connectivity index (χ0n) is 31.2. The first-order valence-corrected chi connectivity index (χ1v) is 21.8. The van der Waals surface area contributed by atoms with Crippen molar-refractivity contribution >= 4 is 44.9 Å². The van der Waals surface area contributed by atoms with Gasteiger partial charge in [0.15, 0.2) is 0 Å². The molecule has 3 heterocycles. The lowest BCUT2D eigenvalue weighted by Crippen LogP contribution is -2.59. The number of alkyl carbamates (subject to hydrolysis) is 1. The molecule has 2 aromatic rings. The number of aryl methyl sites for hydroxylation is 1. The van der Waals surface area contributed by atoms with Crippen molar-refractivity contribution < 1.29 is 37.1 Å². The molecule has 0 unspecified atom stereocenters. The first-order chi connectivity index (χ1) is 26.5. The smallest absolute Gasteiger partial charge is 0.408 e. The average Bonchev–Trinajstić information content (AvgIpc) is 3.95. The number of aromatic nitrogens is 2. The van der Waals surface area contributed by atoms with Crippen LogP contribution in [-0.2, 0) is 35.6 Å². The summed E-state index contributed by atoms with van der Waals surface area (Å²) in [7, 11) is -3.89. The van der Waals surface area contributed by atoms with Gasteiger partial charge in [-0.05, 0) is 94.6 Å². The van der Waals surface area contributed by atoms with Gasteiger partial charge >= 0.3 is 6.09 Å². The fourth-order valence-electron chi connectivity index (χ4n) is 9.34. The molecule has 0 spiro atoms. The van der Waals surface area contributed by atoms with Crippen molar-refractivity contribution in [3.8, 4) is 5.88 Å². The lowest BCUT2D eigenvalue weighted by Gasteiger charge is -2.32. The van der Waals surface area contributed by atoms with Crippen molar-refractivity contribution in [3.63, 3.8) is 0 Å². The van der Waals surface area contributed by atoms with E-state index in [2.05, 4.69) is 21.9 Å². The molecule has 5 fully saturated rings. The number of benzene rings is 1. The van der Waals surface area contributed by atoms with E-state index in [-0.39, 0.29) is 37.3 Å². The van der Waals surface area contributed by atoms with Crippen molar-refractivity contribution in [1.82, 2.24) is 30.2 Å². The minimum Gasteiger partial charge on any atom is -0.471 e. The third kappa shape index (κ3) is 7.90. The first kappa shape index (κ1) is 37.6. The van der Waals surface area contributed by atoms with Crippen LogP contribution in [0.15, 0.2) is 36.9 Å². The normalized spacial score (nSPS) is 31.9. The van der Waals surface area contributed by atoms with Crippen LogP contribution in [0.25, 0.3) is 11.0 Å². The summed E-state index contributed by atoms with van der Waals surface area (Å²) < 4.78 is 40.4. The molecule has 6 aliphatic rings. The molecular weight excluding hydrogens is 725 g/mol. The highest BCUT2D eigenvalue weighted by Crippen LogP contribution is 2.46. The Morgan fingerprint density at radius 3 is 2.35 bits per heavy atom. The van der Waals surface area contributed by atoms with Crippen LogP contribution in [-0.4, -0.2) is 88.7 Å². The van der Waals surface area contributed by atoms with E-state index in [1.807, 2.05) is 24.3 Å². The Hall–Kier alpha value is -4.27. The van der Waals surface area contributed by atoms with Crippen molar-refractivity contribution in [3.05, 3.63) is 42.6 Å². The van der Waals surface area contributed by atoms with E-state index in [9.17, 15) is 27.6 Å². The molecule has 55 heavy (non-hydrogen) atoms. The van der Waals surface area contributed by atoms with Gasteiger partial charge in [0.25, 0.3) is 5.91 Å². The van der Waals surface area contributed by atoms with Crippen molar-refractivity contribution in [2.75, 3.05) is 6.54 Å². The van der Waals surface area contributed by atoms with Crippen LogP contribution in [0.2, 0.25) is 0 Å². The average molecular weight is 777 g/mol.